The zero-order chi connectivity index (χ0) is 14.8. The van der Waals surface area contributed by atoms with Gasteiger partial charge in [0, 0.05) is 13.0 Å². The predicted molar refractivity (Wildman–Crippen MR) is 64.8 cm³/mol. The molecule has 9 nitrogen and oxygen atoms in total. The van der Waals surface area contributed by atoms with E-state index in [1.54, 1.807) is 0 Å². The zero-order valence-corrected chi connectivity index (χ0v) is 10.3. The summed E-state index contributed by atoms with van der Waals surface area (Å²) < 4.78 is 0. The van der Waals surface area contributed by atoms with E-state index in [2.05, 4.69) is 10.6 Å². The largest absolute Gasteiger partial charge is 0.480 e. The van der Waals surface area contributed by atoms with E-state index in [4.69, 9.17) is 16.6 Å². The van der Waals surface area contributed by atoms with Gasteiger partial charge in [-0.25, -0.2) is 9.59 Å². The van der Waals surface area contributed by atoms with Gasteiger partial charge < -0.3 is 27.2 Å². The summed E-state index contributed by atoms with van der Waals surface area (Å²) in [6, 6.07) is -2.07. The fourth-order valence-corrected chi connectivity index (χ4v) is 1.24. The normalized spacial score (nSPS) is 11.4. The second-order valence-corrected chi connectivity index (χ2v) is 3.88. The van der Waals surface area contributed by atoms with Gasteiger partial charge in [0.1, 0.15) is 6.04 Å². The summed E-state index contributed by atoms with van der Waals surface area (Å²) in [5.74, 6) is -2.59. The lowest BCUT2D eigenvalue weighted by Crippen LogP contribution is -2.47. The van der Waals surface area contributed by atoms with E-state index in [1.165, 1.54) is 0 Å². The summed E-state index contributed by atoms with van der Waals surface area (Å²) in [6.45, 7) is 0.266. The predicted octanol–water partition coefficient (Wildman–Crippen LogP) is -1.73. The standard InChI is InChI=1S/C10H18N4O5/c11-7(15)3-1-2-4-13-10(19)14-6(9(17)18)5-8(12)16/h6H,1-5H2,(H2,11,15)(H2,12,16)(H,17,18)(H2,13,14,19)/t6-/m0/s1. The number of urea groups is 1. The van der Waals surface area contributed by atoms with Gasteiger partial charge in [0.05, 0.1) is 6.42 Å². The molecule has 0 aromatic heterocycles. The van der Waals surface area contributed by atoms with Crippen molar-refractivity contribution in [2.75, 3.05) is 6.54 Å². The second kappa shape index (κ2) is 8.72. The van der Waals surface area contributed by atoms with Crippen LogP contribution in [-0.4, -0.2) is 41.5 Å². The van der Waals surface area contributed by atoms with E-state index in [1.807, 2.05) is 0 Å². The first kappa shape index (κ1) is 16.7. The Morgan fingerprint density at radius 3 is 2.16 bits per heavy atom. The van der Waals surface area contributed by atoms with Gasteiger partial charge >= 0.3 is 12.0 Å². The molecule has 0 saturated heterocycles. The Balaban J connectivity index is 3.90. The van der Waals surface area contributed by atoms with Crippen LogP contribution >= 0.6 is 0 Å². The highest BCUT2D eigenvalue weighted by atomic mass is 16.4. The number of hydrogen-bond donors (Lipinski definition) is 5. The SMILES string of the molecule is NC(=O)CCCCNC(=O)N[C@@H](CC(N)=O)C(=O)O. The minimum Gasteiger partial charge on any atom is -0.480 e. The van der Waals surface area contributed by atoms with Crippen LogP contribution in [0.4, 0.5) is 4.79 Å². The number of carboxylic acid groups (broad SMARTS) is 1. The highest BCUT2D eigenvalue weighted by Gasteiger charge is 2.21. The maximum Gasteiger partial charge on any atom is 0.326 e. The van der Waals surface area contributed by atoms with Gasteiger partial charge in [-0.2, -0.15) is 0 Å². The van der Waals surface area contributed by atoms with Crippen molar-refractivity contribution in [3.63, 3.8) is 0 Å². The first-order valence-electron chi connectivity index (χ1n) is 5.66. The van der Waals surface area contributed by atoms with E-state index in [0.717, 1.165) is 0 Å². The van der Waals surface area contributed by atoms with Crippen molar-refractivity contribution in [3.8, 4) is 0 Å². The maximum absolute atomic E-state index is 11.3. The molecule has 0 heterocycles. The molecule has 0 saturated carbocycles. The molecule has 0 aliphatic carbocycles. The molecule has 0 fully saturated rings. The van der Waals surface area contributed by atoms with Crippen molar-refractivity contribution in [2.24, 2.45) is 11.5 Å². The van der Waals surface area contributed by atoms with Crippen LogP contribution in [0.1, 0.15) is 25.7 Å². The molecule has 4 amide bonds. The molecule has 0 radical (unpaired) electrons. The Morgan fingerprint density at radius 2 is 1.68 bits per heavy atom. The lowest BCUT2D eigenvalue weighted by molar-refractivity contribution is -0.140. The van der Waals surface area contributed by atoms with Gasteiger partial charge in [-0.15, -0.1) is 0 Å². The molecule has 0 rings (SSSR count). The third-order valence-corrected chi connectivity index (χ3v) is 2.14. The molecule has 9 heteroatoms. The Morgan fingerprint density at radius 1 is 1.05 bits per heavy atom. The first-order valence-corrected chi connectivity index (χ1v) is 5.66. The molecule has 0 aromatic rings. The molecule has 1 atom stereocenters. The van der Waals surface area contributed by atoms with Crippen molar-refractivity contribution in [3.05, 3.63) is 0 Å². The zero-order valence-electron chi connectivity index (χ0n) is 10.3. The van der Waals surface area contributed by atoms with Crippen LogP contribution in [0.3, 0.4) is 0 Å². The highest BCUT2D eigenvalue weighted by molar-refractivity contribution is 5.87. The Labute approximate surface area is 109 Å². The first-order chi connectivity index (χ1) is 8.82. The molecule has 7 N–H and O–H groups in total. The van der Waals surface area contributed by atoms with Crippen LogP contribution in [0.15, 0.2) is 0 Å². The fourth-order valence-electron chi connectivity index (χ4n) is 1.24. The minimum absolute atomic E-state index is 0.225. The van der Waals surface area contributed by atoms with Gasteiger partial charge in [0.25, 0.3) is 0 Å². The van der Waals surface area contributed by atoms with Gasteiger partial charge in [-0.3, -0.25) is 9.59 Å². The summed E-state index contributed by atoms with van der Waals surface area (Å²) in [6.07, 6.45) is 0.802. The number of carbonyl (C=O) groups excluding carboxylic acids is 3. The van der Waals surface area contributed by atoms with Gasteiger partial charge in [0.15, 0.2) is 0 Å². The smallest absolute Gasteiger partial charge is 0.326 e. The molecule has 0 aliphatic heterocycles. The molecule has 0 bridgehead atoms. The van der Waals surface area contributed by atoms with E-state index in [9.17, 15) is 19.2 Å². The van der Waals surface area contributed by atoms with Crippen LogP contribution in [0.5, 0.6) is 0 Å². The number of unbranched alkanes of at least 4 members (excludes halogenated alkanes) is 1. The molecular formula is C10H18N4O5. The van der Waals surface area contributed by atoms with Crippen LogP contribution in [0, 0.1) is 0 Å². The van der Waals surface area contributed by atoms with E-state index < -0.39 is 36.3 Å². The Kier molecular flexibility index (Phi) is 7.66. The summed E-state index contributed by atoms with van der Waals surface area (Å²) in [5, 5.41) is 13.2. The molecule has 0 unspecified atom stereocenters. The number of carboxylic acids is 1. The highest BCUT2D eigenvalue weighted by Crippen LogP contribution is 1.94. The summed E-state index contributed by atoms with van der Waals surface area (Å²) in [7, 11) is 0. The van der Waals surface area contributed by atoms with Crippen molar-refractivity contribution in [1.82, 2.24) is 10.6 Å². The monoisotopic (exact) mass is 274 g/mol. The fraction of sp³-hybridized carbons (Fsp3) is 0.600. The van der Waals surface area contributed by atoms with Crippen molar-refractivity contribution in [1.29, 1.82) is 0 Å². The van der Waals surface area contributed by atoms with Gasteiger partial charge in [0.2, 0.25) is 11.8 Å². The third-order valence-electron chi connectivity index (χ3n) is 2.14. The summed E-state index contributed by atoms with van der Waals surface area (Å²) >= 11 is 0. The molecule has 0 aromatic carbocycles. The van der Waals surface area contributed by atoms with Crippen LogP contribution in [0.2, 0.25) is 0 Å². The van der Waals surface area contributed by atoms with Crippen LogP contribution in [0.25, 0.3) is 0 Å². The molecule has 108 valence electrons. The molecule has 0 spiro atoms. The quantitative estimate of drug-likeness (QED) is 0.315. The van der Waals surface area contributed by atoms with Gasteiger partial charge in [-0.1, -0.05) is 0 Å². The maximum atomic E-state index is 11.3. The van der Waals surface area contributed by atoms with Gasteiger partial charge in [-0.05, 0) is 12.8 Å². The van der Waals surface area contributed by atoms with E-state index in [0.29, 0.717) is 12.8 Å². The summed E-state index contributed by atoms with van der Waals surface area (Å²) in [5.41, 5.74) is 9.79. The third kappa shape index (κ3) is 9.39. The molecule has 0 aliphatic rings. The number of aliphatic carboxylic acids is 1. The Hall–Kier alpha value is -2.32. The topological polar surface area (TPSA) is 165 Å². The van der Waals surface area contributed by atoms with Crippen molar-refractivity contribution < 1.29 is 24.3 Å². The lowest BCUT2D eigenvalue weighted by Gasteiger charge is -2.13. The average molecular weight is 274 g/mol. The number of amides is 4. The number of nitrogens with one attached hydrogen (secondary N) is 2. The van der Waals surface area contributed by atoms with E-state index in [-0.39, 0.29) is 13.0 Å². The number of primary amides is 2. The van der Waals surface area contributed by atoms with Crippen LogP contribution < -0.4 is 22.1 Å². The number of nitrogens with two attached hydrogens (primary N) is 2. The summed E-state index contributed by atoms with van der Waals surface area (Å²) in [4.78, 5) is 43.1. The number of hydrogen-bond acceptors (Lipinski definition) is 4. The minimum atomic E-state index is -1.36. The number of rotatable bonds is 9. The second-order valence-electron chi connectivity index (χ2n) is 3.88. The van der Waals surface area contributed by atoms with Crippen LogP contribution in [-0.2, 0) is 14.4 Å². The van der Waals surface area contributed by atoms with Crippen molar-refractivity contribution in [2.45, 2.75) is 31.7 Å². The molecular weight excluding hydrogens is 256 g/mol. The Bertz CT molecular complexity index is 358. The number of carbonyl (C=O) groups is 4. The van der Waals surface area contributed by atoms with E-state index >= 15 is 0 Å². The average Bonchev–Trinajstić information content (AvgIpc) is 2.26. The lowest BCUT2D eigenvalue weighted by atomic mass is 10.2. The van der Waals surface area contributed by atoms with Crippen molar-refractivity contribution >= 4 is 23.8 Å². The molecule has 19 heavy (non-hydrogen) atoms.